The van der Waals surface area contributed by atoms with Gasteiger partial charge in [-0.25, -0.2) is 0 Å². The number of ketones is 2. The SMILES string of the molecule is CC[C@@]1(O)C[C@H](O[C@H]2C[C@H]([NH+](C)C)[C@H](O)[C@H](C)O2)c2c(cc3c(c2O)C(=O)c2c(O)cccc2C3=O)[C@H]1C(=O)[O-]. The zero-order valence-corrected chi connectivity index (χ0v) is 22.6. The van der Waals surface area contributed by atoms with Crippen molar-refractivity contribution in [3.63, 3.8) is 0 Å². The summed E-state index contributed by atoms with van der Waals surface area (Å²) in [6, 6.07) is 4.96. The highest BCUT2D eigenvalue weighted by atomic mass is 16.7. The number of phenolic OH excluding ortho intramolecular Hbond substituents is 2. The molecule has 7 atom stereocenters. The van der Waals surface area contributed by atoms with Crippen LogP contribution >= 0.6 is 0 Å². The number of carbonyl (C=O) groups excluding carboxylic acids is 3. The number of aliphatic carboxylic acids is 1. The van der Waals surface area contributed by atoms with Crippen LogP contribution in [0.1, 0.15) is 88.1 Å². The van der Waals surface area contributed by atoms with Gasteiger partial charge in [0, 0.05) is 23.1 Å². The summed E-state index contributed by atoms with van der Waals surface area (Å²) in [4.78, 5) is 40.3. The highest BCUT2D eigenvalue weighted by Crippen LogP contribution is 2.53. The van der Waals surface area contributed by atoms with Crippen LogP contribution in [0.3, 0.4) is 0 Å². The van der Waals surface area contributed by atoms with Crippen molar-refractivity contribution in [1.29, 1.82) is 0 Å². The maximum Gasteiger partial charge on any atom is 0.201 e. The van der Waals surface area contributed by atoms with E-state index in [4.69, 9.17) is 9.47 Å². The van der Waals surface area contributed by atoms with Gasteiger partial charge < -0.3 is 44.7 Å². The van der Waals surface area contributed by atoms with E-state index in [1.165, 1.54) is 24.3 Å². The Morgan fingerprint density at radius 1 is 1.18 bits per heavy atom. The predicted molar refractivity (Wildman–Crippen MR) is 136 cm³/mol. The van der Waals surface area contributed by atoms with Crippen molar-refractivity contribution in [3.8, 4) is 11.5 Å². The average Bonchev–Trinajstić information content (AvgIpc) is 2.88. The molecule has 0 unspecified atom stereocenters. The molecule has 0 saturated carbocycles. The van der Waals surface area contributed by atoms with E-state index in [0.717, 1.165) is 4.90 Å². The molecule has 2 aliphatic carbocycles. The molecule has 1 heterocycles. The number of carboxylic acids is 1. The number of benzene rings is 2. The standard InChI is InChI=1S/C29H33NO10/c1-5-29(38)11-18(40-19-10-16(30(3)4)24(32)12(2)39-19)21-14(23(29)28(36)37)9-15-22(27(21)35)26(34)20-13(25(15)33)7-6-8-17(20)31/h6-9,12,16,18-19,23-24,31-32,35,38H,5,10-11H2,1-4H3,(H,36,37)/t12-,16-,18-,19-,23-,24+,29+/m0/s1. The minimum atomic E-state index is -1.87. The van der Waals surface area contributed by atoms with Crippen molar-refractivity contribution in [3.05, 3.63) is 57.6 Å². The molecule has 5 N–H and O–H groups in total. The van der Waals surface area contributed by atoms with Crippen LogP contribution in [0.4, 0.5) is 0 Å². The van der Waals surface area contributed by atoms with Gasteiger partial charge in [0.25, 0.3) is 0 Å². The van der Waals surface area contributed by atoms with Crippen molar-refractivity contribution in [1.82, 2.24) is 0 Å². The van der Waals surface area contributed by atoms with Gasteiger partial charge in [-0.05, 0) is 31.0 Å². The third kappa shape index (κ3) is 4.20. The van der Waals surface area contributed by atoms with E-state index in [9.17, 15) is 39.9 Å². The first-order valence-corrected chi connectivity index (χ1v) is 13.3. The Bertz CT molecular complexity index is 1400. The maximum atomic E-state index is 13.5. The summed E-state index contributed by atoms with van der Waals surface area (Å²) in [5.74, 6) is -5.83. The number of rotatable bonds is 5. The zero-order valence-electron chi connectivity index (χ0n) is 22.6. The fraction of sp³-hybridized carbons (Fsp3) is 0.483. The molecule has 1 saturated heterocycles. The van der Waals surface area contributed by atoms with Gasteiger partial charge in [-0.3, -0.25) is 9.59 Å². The summed E-state index contributed by atoms with van der Waals surface area (Å²) >= 11 is 0. The van der Waals surface area contributed by atoms with E-state index in [-0.39, 0.29) is 58.7 Å². The van der Waals surface area contributed by atoms with E-state index < -0.39 is 65.2 Å². The smallest absolute Gasteiger partial charge is 0.201 e. The van der Waals surface area contributed by atoms with Crippen LogP contribution in [-0.2, 0) is 14.3 Å². The van der Waals surface area contributed by atoms with E-state index in [0.29, 0.717) is 0 Å². The summed E-state index contributed by atoms with van der Waals surface area (Å²) in [5.41, 5.74) is -3.01. The van der Waals surface area contributed by atoms with Gasteiger partial charge in [-0.1, -0.05) is 19.1 Å². The first kappa shape index (κ1) is 28.2. The number of aromatic hydroxyl groups is 2. The highest BCUT2D eigenvalue weighted by Gasteiger charge is 2.50. The summed E-state index contributed by atoms with van der Waals surface area (Å²) < 4.78 is 12.2. The number of carboxylic acid groups (broad SMARTS) is 1. The number of aliphatic hydroxyl groups is 2. The number of phenols is 2. The molecule has 11 heteroatoms. The van der Waals surface area contributed by atoms with Crippen LogP contribution in [0.15, 0.2) is 24.3 Å². The molecule has 0 radical (unpaired) electrons. The molecular weight excluding hydrogens is 522 g/mol. The molecule has 3 aliphatic rings. The van der Waals surface area contributed by atoms with Crippen molar-refractivity contribution in [2.75, 3.05) is 14.1 Å². The Morgan fingerprint density at radius 3 is 2.50 bits per heavy atom. The number of quaternary nitrogens is 1. The van der Waals surface area contributed by atoms with Gasteiger partial charge in [0.1, 0.15) is 23.6 Å². The summed E-state index contributed by atoms with van der Waals surface area (Å²) in [5, 5.41) is 56.5. The molecule has 1 fully saturated rings. The molecule has 2 aromatic rings. The van der Waals surface area contributed by atoms with Gasteiger partial charge >= 0.3 is 0 Å². The first-order chi connectivity index (χ1) is 18.8. The number of hydrogen-bond acceptors (Lipinski definition) is 10. The Hall–Kier alpha value is -3.35. The number of hydrogen-bond donors (Lipinski definition) is 5. The van der Waals surface area contributed by atoms with Crippen molar-refractivity contribution in [2.45, 2.75) is 75.3 Å². The fourth-order valence-corrected chi connectivity index (χ4v) is 6.47. The molecular formula is C29H33NO10. The molecule has 214 valence electrons. The second kappa shape index (κ2) is 9.93. The van der Waals surface area contributed by atoms with Crippen molar-refractivity contribution < 1.29 is 54.3 Å². The number of carbonyl (C=O) groups is 3. The van der Waals surface area contributed by atoms with Crippen LogP contribution in [0.25, 0.3) is 0 Å². The van der Waals surface area contributed by atoms with Crippen LogP contribution in [0.5, 0.6) is 11.5 Å². The van der Waals surface area contributed by atoms with Crippen LogP contribution in [-0.4, -0.2) is 82.2 Å². The predicted octanol–water partition coefficient (Wildman–Crippen LogP) is -0.682. The summed E-state index contributed by atoms with van der Waals surface area (Å²) in [7, 11) is 3.76. The van der Waals surface area contributed by atoms with Crippen molar-refractivity contribution in [2.24, 2.45) is 0 Å². The van der Waals surface area contributed by atoms with Crippen LogP contribution < -0.4 is 10.0 Å². The number of fused-ring (bicyclic) bond motifs is 3. The minimum absolute atomic E-state index is 0.0164. The van der Waals surface area contributed by atoms with Gasteiger partial charge in [-0.2, -0.15) is 0 Å². The molecule has 40 heavy (non-hydrogen) atoms. The van der Waals surface area contributed by atoms with Gasteiger partial charge in [0.15, 0.2) is 12.1 Å². The summed E-state index contributed by atoms with van der Waals surface area (Å²) in [6.07, 6.45) is -3.43. The lowest BCUT2D eigenvalue weighted by Crippen LogP contribution is -3.12. The maximum absolute atomic E-state index is 13.5. The molecule has 0 bridgehead atoms. The Balaban J connectivity index is 1.68. The van der Waals surface area contributed by atoms with Crippen LogP contribution in [0, 0.1) is 0 Å². The highest BCUT2D eigenvalue weighted by molar-refractivity contribution is 6.30. The Labute approximate surface area is 230 Å². The molecule has 11 nitrogen and oxygen atoms in total. The minimum Gasteiger partial charge on any atom is -0.549 e. The lowest BCUT2D eigenvalue weighted by molar-refractivity contribution is -0.893. The normalized spacial score (nSPS) is 31.5. The Kier molecular flexibility index (Phi) is 7.00. The monoisotopic (exact) mass is 555 g/mol. The van der Waals surface area contributed by atoms with E-state index >= 15 is 0 Å². The quantitative estimate of drug-likeness (QED) is 0.271. The third-order valence-electron chi connectivity index (χ3n) is 8.68. The largest absolute Gasteiger partial charge is 0.549 e. The number of ether oxygens (including phenoxy) is 2. The third-order valence-corrected chi connectivity index (χ3v) is 8.68. The second-order valence-electron chi connectivity index (χ2n) is 11.2. The van der Waals surface area contributed by atoms with Gasteiger partial charge in [-0.15, -0.1) is 0 Å². The topological polar surface area (TPSA) is 178 Å². The van der Waals surface area contributed by atoms with E-state index in [1.807, 2.05) is 14.1 Å². The number of nitrogens with one attached hydrogen (secondary N) is 1. The van der Waals surface area contributed by atoms with Crippen LogP contribution in [0.2, 0.25) is 0 Å². The Morgan fingerprint density at radius 2 is 1.88 bits per heavy atom. The summed E-state index contributed by atoms with van der Waals surface area (Å²) in [6.45, 7) is 3.30. The van der Waals surface area contributed by atoms with Gasteiger partial charge in [0.05, 0.1) is 61.3 Å². The molecule has 5 rings (SSSR count). The molecule has 0 aromatic heterocycles. The molecule has 0 amide bonds. The van der Waals surface area contributed by atoms with E-state index in [1.54, 1.807) is 13.8 Å². The number of aliphatic hydroxyl groups excluding tert-OH is 1. The molecule has 2 aromatic carbocycles. The molecule has 0 spiro atoms. The molecule has 1 aliphatic heterocycles. The lowest BCUT2D eigenvalue weighted by Gasteiger charge is -2.47. The number of likely N-dealkylation sites (N-methyl/N-ethyl adjacent to an activating group) is 1. The fourth-order valence-electron chi connectivity index (χ4n) is 6.47. The average molecular weight is 556 g/mol. The van der Waals surface area contributed by atoms with Gasteiger partial charge in [0.2, 0.25) is 5.78 Å². The lowest BCUT2D eigenvalue weighted by atomic mass is 9.67. The zero-order chi connectivity index (χ0) is 29.3. The second-order valence-corrected chi connectivity index (χ2v) is 11.2. The van der Waals surface area contributed by atoms with Crippen molar-refractivity contribution >= 4 is 17.5 Å². The first-order valence-electron chi connectivity index (χ1n) is 13.3. The van der Waals surface area contributed by atoms with E-state index in [2.05, 4.69) is 0 Å².